The number of amides is 1. The van der Waals surface area contributed by atoms with Gasteiger partial charge in [0.05, 0.1) is 5.75 Å². The lowest BCUT2D eigenvalue weighted by atomic mass is 10.2. The standard InChI is InChI=1S/C13H18FNO3S/c1-3-8-15-13(16)10(2)19(17,18)9-11-6-4-5-7-12(11)14/h4-7,10H,3,8-9H2,1-2H3,(H,15,16). The van der Waals surface area contributed by atoms with Gasteiger partial charge in [0.15, 0.2) is 9.84 Å². The molecule has 1 aromatic rings. The van der Waals surface area contributed by atoms with Crippen LogP contribution in [0.15, 0.2) is 24.3 Å². The van der Waals surface area contributed by atoms with Gasteiger partial charge in [-0.15, -0.1) is 0 Å². The number of carbonyl (C=O) groups excluding carboxylic acids is 1. The van der Waals surface area contributed by atoms with E-state index < -0.39 is 32.6 Å². The van der Waals surface area contributed by atoms with Gasteiger partial charge in [0.1, 0.15) is 11.1 Å². The van der Waals surface area contributed by atoms with Crippen molar-refractivity contribution in [2.24, 2.45) is 0 Å². The number of halogens is 1. The van der Waals surface area contributed by atoms with E-state index in [1.165, 1.54) is 25.1 Å². The first kappa shape index (κ1) is 15.6. The van der Waals surface area contributed by atoms with Crippen LogP contribution in [0.4, 0.5) is 4.39 Å². The monoisotopic (exact) mass is 287 g/mol. The highest BCUT2D eigenvalue weighted by Gasteiger charge is 2.28. The van der Waals surface area contributed by atoms with Crippen molar-refractivity contribution >= 4 is 15.7 Å². The van der Waals surface area contributed by atoms with Crippen LogP contribution in [0.5, 0.6) is 0 Å². The first-order chi connectivity index (χ1) is 8.88. The van der Waals surface area contributed by atoms with Crippen molar-refractivity contribution in [2.75, 3.05) is 6.54 Å². The highest BCUT2D eigenvalue weighted by atomic mass is 32.2. The molecule has 0 aliphatic heterocycles. The zero-order valence-electron chi connectivity index (χ0n) is 11.0. The zero-order chi connectivity index (χ0) is 14.5. The van der Waals surface area contributed by atoms with Crippen molar-refractivity contribution in [2.45, 2.75) is 31.3 Å². The highest BCUT2D eigenvalue weighted by molar-refractivity contribution is 7.92. The van der Waals surface area contributed by atoms with Crippen LogP contribution in [0.25, 0.3) is 0 Å². The first-order valence-electron chi connectivity index (χ1n) is 6.11. The molecule has 0 bridgehead atoms. The third-order valence-corrected chi connectivity index (χ3v) is 4.78. The largest absolute Gasteiger partial charge is 0.355 e. The average molecular weight is 287 g/mol. The number of hydrogen-bond acceptors (Lipinski definition) is 3. The van der Waals surface area contributed by atoms with Gasteiger partial charge in [-0.1, -0.05) is 25.1 Å². The third-order valence-electron chi connectivity index (χ3n) is 2.77. The molecule has 1 N–H and O–H groups in total. The summed E-state index contributed by atoms with van der Waals surface area (Å²) in [6.45, 7) is 3.62. The Bertz CT molecular complexity index is 543. The Morgan fingerprint density at radius 3 is 2.58 bits per heavy atom. The smallest absolute Gasteiger partial charge is 0.238 e. The van der Waals surface area contributed by atoms with E-state index in [1.54, 1.807) is 6.07 Å². The van der Waals surface area contributed by atoms with E-state index in [2.05, 4.69) is 5.32 Å². The Kier molecular flexibility index (Phi) is 5.47. The number of hydrogen-bond donors (Lipinski definition) is 1. The highest BCUT2D eigenvalue weighted by Crippen LogP contribution is 2.14. The Labute approximate surface area is 112 Å². The Hall–Kier alpha value is -1.43. The molecule has 1 atom stereocenters. The van der Waals surface area contributed by atoms with E-state index >= 15 is 0 Å². The number of rotatable bonds is 6. The van der Waals surface area contributed by atoms with Crippen LogP contribution in [-0.4, -0.2) is 26.1 Å². The summed E-state index contributed by atoms with van der Waals surface area (Å²) in [5.74, 6) is -1.59. The fourth-order valence-corrected chi connectivity index (χ4v) is 2.84. The summed E-state index contributed by atoms with van der Waals surface area (Å²) in [4.78, 5) is 11.6. The molecule has 0 aliphatic rings. The second kappa shape index (κ2) is 6.65. The molecular weight excluding hydrogens is 269 g/mol. The minimum atomic E-state index is -3.72. The Morgan fingerprint density at radius 2 is 2.00 bits per heavy atom. The Morgan fingerprint density at radius 1 is 1.37 bits per heavy atom. The SMILES string of the molecule is CCCNC(=O)C(C)S(=O)(=O)Cc1ccccc1F. The lowest BCUT2D eigenvalue weighted by Gasteiger charge is -2.13. The third kappa shape index (κ3) is 4.31. The van der Waals surface area contributed by atoms with Crippen LogP contribution in [-0.2, 0) is 20.4 Å². The molecule has 1 rings (SSSR count). The van der Waals surface area contributed by atoms with Gasteiger partial charge in [0.25, 0.3) is 0 Å². The molecule has 19 heavy (non-hydrogen) atoms. The quantitative estimate of drug-likeness (QED) is 0.865. The normalized spacial score (nSPS) is 13.0. The second-order valence-electron chi connectivity index (χ2n) is 4.33. The first-order valence-corrected chi connectivity index (χ1v) is 7.82. The van der Waals surface area contributed by atoms with Crippen molar-refractivity contribution in [3.05, 3.63) is 35.6 Å². The lowest BCUT2D eigenvalue weighted by molar-refractivity contribution is -0.120. The maximum absolute atomic E-state index is 13.4. The summed E-state index contributed by atoms with van der Waals surface area (Å²) in [6.07, 6.45) is 0.728. The molecule has 6 heteroatoms. The molecule has 0 spiro atoms. The lowest BCUT2D eigenvalue weighted by Crippen LogP contribution is -2.38. The molecule has 0 aliphatic carbocycles. The molecule has 0 fully saturated rings. The summed E-state index contributed by atoms with van der Waals surface area (Å²) in [5, 5.41) is 1.34. The van der Waals surface area contributed by atoms with Gasteiger partial charge in [-0.05, 0) is 19.4 Å². The summed E-state index contributed by atoms with van der Waals surface area (Å²) in [7, 11) is -3.72. The molecule has 106 valence electrons. The van der Waals surface area contributed by atoms with Crippen LogP contribution >= 0.6 is 0 Å². The molecule has 0 saturated heterocycles. The van der Waals surface area contributed by atoms with E-state index in [0.717, 1.165) is 6.42 Å². The number of sulfone groups is 1. The predicted molar refractivity (Wildman–Crippen MR) is 71.8 cm³/mol. The zero-order valence-corrected chi connectivity index (χ0v) is 11.8. The molecule has 4 nitrogen and oxygen atoms in total. The van der Waals surface area contributed by atoms with Crippen LogP contribution in [0.3, 0.4) is 0 Å². The van der Waals surface area contributed by atoms with Gasteiger partial charge in [0, 0.05) is 12.1 Å². The van der Waals surface area contributed by atoms with Gasteiger partial charge in [0.2, 0.25) is 5.91 Å². The van der Waals surface area contributed by atoms with Gasteiger partial charge in [-0.2, -0.15) is 0 Å². The molecule has 1 unspecified atom stereocenters. The van der Waals surface area contributed by atoms with Crippen LogP contribution < -0.4 is 5.32 Å². The van der Waals surface area contributed by atoms with Crippen LogP contribution in [0, 0.1) is 5.82 Å². The minimum absolute atomic E-state index is 0.0811. The Balaban J connectivity index is 2.81. The second-order valence-corrected chi connectivity index (χ2v) is 6.65. The summed E-state index contributed by atoms with van der Waals surface area (Å²) >= 11 is 0. The predicted octanol–water partition coefficient (Wildman–Crippen LogP) is 1.66. The van der Waals surface area contributed by atoms with E-state index in [4.69, 9.17) is 0 Å². The molecule has 0 aromatic heterocycles. The molecule has 0 saturated carbocycles. The fraction of sp³-hybridized carbons (Fsp3) is 0.462. The molecule has 0 radical (unpaired) electrons. The molecule has 1 aromatic carbocycles. The van der Waals surface area contributed by atoms with Crippen molar-refractivity contribution in [1.82, 2.24) is 5.32 Å². The van der Waals surface area contributed by atoms with E-state index in [1.807, 2.05) is 6.92 Å². The van der Waals surface area contributed by atoms with Crippen LogP contribution in [0.2, 0.25) is 0 Å². The summed E-state index contributed by atoms with van der Waals surface area (Å²) in [5.41, 5.74) is 0.0811. The van der Waals surface area contributed by atoms with Gasteiger partial charge in [-0.25, -0.2) is 12.8 Å². The van der Waals surface area contributed by atoms with E-state index in [0.29, 0.717) is 6.54 Å². The van der Waals surface area contributed by atoms with Crippen molar-refractivity contribution < 1.29 is 17.6 Å². The average Bonchev–Trinajstić information content (AvgIpc) is 2.37. The van der Waals surface area contributed by atoms with E-state index in [9.17, 15) is 17.6 Å². The molecule has 1 amide bonds. The van der Waals surface area contributed by atoms with Crippen LogP contribution in [0.1, 0.15) is 25.8 Å². The maximum Gasteiger partial charge on any atom is 0.238 e. The maximum atomic E-state index is 13.4. The minimum Gasteiger partial charge on any atom is -0.355 e. The van der Waals surface area contributed by atoms with Gasteiger partial charge >= 0.3 is 0 Å². The molecule has 0 heterocycles. The number of carbonyl (C=O) groups is 1. The summed E-state index contributed by atoms with van der Waals surface area (Å²) < 4.78 is 37.5. The topological polar surface area (TPSA) is 63.2 Å². The number of nitrogens with one attached hydrogen (secondary N) is 1. The van der Waals surface area contributed by atoms with E-state index in [-0.39, 0.29) is 5.56 Å². The fourth-order valence-electron chi connectivity index (χ4n) is 1.51. The number of benzene rings is 1. The summed E-state index contributed by atoms with van der Waals surface area (Å²) in [6, 6.07) is 5.66. The van der Waals surface area contributed by atoms with Gasteiger partial charge < -0.3 is 5.32 Å². The van der Waals surface area contributed by atoms with Crippen molar-refractivity contribution in [3.8, 4) is 0 Å². The van der Waals surface area contributed by atoms with Gasteiger partial charge in [-0.3, -0.25) is 4.79 Å². The van der Waals surface area contributed by atoms with Crippen molar-refractivity contribution in [1.29, 1.82) is 0 Å². The van der Waals surface area contributed by atoms with Crippen molar-refractivity contribution in [3.63, 3.8) is 0 Å². The molecular formula is C13H18FNO3S.